The number of rotatable bonds is 6. The molecule has 0 aliphatic rings. The van der Waals surface area contributed by atoms with Gasteiger partial charge in [-0.15, -0.1) is 0 Å². The van der Waals surface area contributed by atoms with Crippen LogP contribution < -0.4 is 0 Å². The largest absolute Gasteiger partial charge is 0.286 e. The lowest BCUT2D eigenvalue weighted by Gasteiger charge is -2.19. The third-order valence-electron chi connectivity index (χ3n) is 2.30. The minimum Gasteiger partial charge on any atom is -0.286 e. The second kappa shape index (κ2) is 6.89. The van der Waals surface area contributed by atoms with Crippen LogP contribution in [0.2, 0.25) is 0 Å². The van der Waals surface area contributed by atoms with Gasteiger partial charge in [-0.1, -0.05) is 26.7 Å². The van der Waals surface area contributed by atoms with Gasteiger partial charge in [-0.3, -0.25) is 10.0 Å². The number of unbranched alkanes of at least 4 members (excludes halogenated alkanes) is 1. The average molecular weight is 187 g/mol. The Kier molecular flexibility index (Phi) is 6.59. The number of amides is 1. The van der Waals surface area contributed by atoms with Gasteiger partial charge in [0, 0.05) is 12.5 Å². The molecule has 0 rings (SSSR count). The van der Waals surface area contributed by atoms with Crippen molar-refractivity contribution in [1.29, 1.82) is 0 Å². The summed E-state index contributed by atoms with van der Waals surface area (Å²) in [5.74, 6) is -0.122. The highest BCUT2D eigenvalue weighted by Crippen LogP contribution is 2.14. The Hall–Kier alpha value is -0.570. The van der Waals surface area contributed by atoms with E-state index in [0.29, 0.717) is 6.54 Å². The molecular formula is C10H21NO2. The van der Waals surface area contributed by atoms with Crippen LogP contribution in [0.25, 0.3) is 0 Å². The van der Waals surface area contributed by atoms with E-state index >= 15 is 0 Å². The van der Waals surface area contributed by atoms with Crippen molar-refractivity contribution in [1.82, 2.24) is 5.06 Å². The second-order valence-corrected chi connectivity index (χ2v) is 3.30. The summed E-state index contributed by atoms with van der Waals surface area (Å²) in [5, 5.41) is 10.0. The van der Waals surface area contributed by atoms with Crippen molar-refractivity contribution in [3.8, 4) is 0 Å². The summed E-state index contributed by atoms with van der Waals surface area (Å²) in [6.45, 7) is 6.24. The summed E-state index contributed by atoms with van der Waals surface area (Å²) < 4.78 is 0. The van der Waals surface area contributed by atoms with Crippen molar-refractivity contribution in [3.05, 3.63) is 0 Å². The first-order valence-corrected chi connectivity index (χ1v) is 5.17. The van der Waals surface area contributed by atoms with Gasteiger partial charge in [0.25, 0.3) is 0 Å². The van der Waals surface area contributed by atoms with Gasteiger partial charge >= 0.3 is 0 Å². The quantitative estimate of drug-likeness (QED) is 0.512. The maximum absolute atomic E-state index is 11.5. The first kappa shape index (κ1) is 12.4. The highest BCUT2D eigenvalue weighted by Gasteiger charge is 2.19. The van der Waals surface area contributed by atoms with E-state index in [1.807, 2.05) is 6.92 Å². The predicted molar refractivity (Wildman–Crippen MR) is 52.5 cm³/mol. The molecule has 0 aromatic rings. The van der Waals surface area contributed by atoms with Crippen LogP contribution in [-0.2, 0) is 4.79 Å². The van der Waals surface area contributed by atoms with Crippen LogP contribution in [0.3, 0.4) is 0 Å². The van der Waals surface area contributed by atoms with E-state index in [-0.39, 0.29) is 11.8 Å². The Labute approximate surface area is 80.7 Å². The normalized spacial score (nSPS) is 12.6. The molecule has 0 aromatic heterocycles. The third-order valence-corrected chi connectivity index (χ3v) is 2.30. The fraction of sp³-hybridized carbons (Fsp3) is 0.900. The minimum absolute atomic E-state index is 0.00454. The molecule has 1 N–H and O–H groups in total. The topological polar surface area (TPSA) is 40.5 Å². The average Bonchev–Trinajstić information content (AvgIpc) is 2.17. The molecule has 0 aliphatic heterocycles. The molecular weight excluding hydrogens is 166 g/mol. The standard InChI is InChI=1S/C10H21NO2/c1-4-7-8-9(5-2)10(12)11(13)6-3/h9,13H,4-8H2,1-3H3. The molecule has 0 spiro atoms. The molecule has 0 saturated carbocycles. The predicted octanol–water partition coefficient (Wildman–Crippen LogP) is 2.44. The van der Waals surface area contributed by atoms with Crippen molar-refractivity contribution < 1.29 is 10.0 Å². The second-order valence-electron chi connectivity index (χ2n) is 3.30. The fourth-order valence-electron chi connectivity index (χ4n) is 1.32. The molecule has 0 radical (unpaired) electrons. The van der Waals surface area contributed by atoms with E-state index in [0.717, 1.165) is 30.7 Å². The van der Waals surface area contributed by atoms with Crippen molar-refractivity contribution in [3.63, 3.8) is 0 Å². The number of nitrogens with zero attached hydrogens (tertiary/aromatic N) is 1. The van der Waals surface area contributed by atoms with Crippen molar-refractivity contribution in [2.24, 2.45) is 5.92 Å². The van der Waals surface area contributed by atoms with Gasteiger partial charge in [-0.25, -0.2) is 5.06 Å². The van der Waals surface area contributed by atoms with Gasteiger partial charge in [0.15, 0.2) is 0 Å². The lowest BCUT2D eigenvalue weighted by Crippen LogP contribution is -2.33. The monoisotopic (exact) mass is 187 g/mol. The van der Waals surface area contributed by atoms with Crippen molar-refractivity contribution >= 4 is 5.91 Å². The molecule has 78 valence electrons. The maximum Gasteiger partial charge on any atom is 0.248 e. The number of carbonyl (C=O) groups is 1. The Morgan fingerprint density at radius 3 is 2.38 bits per heavy atom. The zero-order valence-corrected chi connectivity index (χ0v) is 8.92. The third kappa shape index (κ3) is 4.27. The molecule has 3 heteroatoms. The van der Waals surface area contributed by atoms with Gasteiger partial charge in [-0.05, 0) is 19.8 Å². The summed E-state index contributed by atoms with van der Waals surface area (Å²) >= 11 is 0. The van der Waals surface area contributed by atoms with Gasteiger partial charge in [0.05, 0.1) is 0 Å². The number of hydrogen-bond acceptors (Lipinski definition) is 2. The molecule has 0 bridgehead atoms. The molecule has 1 unspecified atom stereocenters. The van der Waals surface area contributed by atoms with E-state index in [4.69, 9.17) is 0 Å². The van der Waals surface area contributed by atoms with Gasteiger partial charge < -0.3 is 0 Å². The van der Waals surface area contributed by atoms with Gasteiger partial charge in [0.1, 0.15) is 0 Å². The summed E-state index contributed by atoms with van der Waals surface area (Å²) in [5.41, 5.74) is 0. The first-order valence-electron chi connectivity index (χ1n) is 5.17. The SMILES string of the molecule is CCCCC(CC)C(=O)N(O)CC. The van der Waals surface area contributed by atoms with E-state index in [1.165, 1.54) is 0 Å². The molecule has 0 aromatic carbocycles. The Morgan fingerprint density at radius 2 is 2.00 bits per heavy atom. The Bertz CT molecular complexity index is 148. The maximum atomic E-state index is 11.5. The highest BCUT2D eigenvalue weighted by atomic mass is 16.5. The number of carbonyl (C=O) groups excluding carboxylic acids is 1. The lowest BCUT2D eigenvalue weighted by atomic mass is 9.98. The molecule has 0 aliphatic carbocycles. The van der Waals surface area contributed by atoms with E-state index in [9.17, 15) is 10.0 Å². The first-order chi connectivity index (χ1) is 6.17. The van der Waals surface area contributed by atoms with Crippen LogP contribution in [0.15, 0.2) is 0 Å². The van der Waals surface area contributed by atoms with Crippen LogP contribution >= 0.6 is 0 Å². The smallest absolute Gasteiger partial charge is 0.248 e. The number of hydroxylamine groups is 2. The molecule has 13 heavy (non-hydrogen) atoms. The molecule has 0 fully saturated rings. The Morgan fingerprint density at radius 1 is 1.38 bits per heavy atom. The van der Waals surface area contributed by atoms with Crippen LogP contribution in [0.1, 0.15) is 46.5 Å². The van der Waals surface area contributed by atoms with Gasteiger partial charge in [-0.2, -0.15) is 0 Å². The molecule has 1 atom stereocenters. The summed E-state index contributed by atoms with van der Waals surface area (Å²) in [7, 11) is 0. The molecule has 3 nitrogen and oxygen atoms in total. The molecule has 0 saturated heterocycles. The van der Waals surface area contributed by atoms with Crippen LogP contribution in [-0.4, -0.2) is 22.7 Å². The fourth-order valence-corrected chi connectivity index (χ4v) is 1.32. The zero-order valence-electron chi connectivity index (χ0n) is 8.92. The van der Waals surface area contributed by atoms with E-state index in [1.54, 1.807) is 6.92 Å². The summed E-state index contributed by atoms with van der Waals surface area (Å²) in [6, 6.07) is 0. The summed E-state index contributed by atoms with van der Waals surface area (Å²) in [6.07, 6.45) is 3.86. The molecule has 1 amide bonds. The highest BCUT2D eigenvalue weighted by molar-refractivity contribution is 5.77. The van der Waals surface area contributed by atoms with Crippen molar-refractivity contribution in [2.45, 2.75) is 46.5 Å². The van der Waals surface area contributed by atoms with Gasteiger partial charge in [0.2, 0.25) is 5.91 Å². The van der Waals surface area contributed by atoms with E-state index in [2.05, 4.69) is 6.92 Å². The lowest BCUT2D eigenvalue weighted by molar-refractivity contribution is -0.169. The zero-order chi connectivity index (χ0) is 10.3. The molecule has 0 heterocycles. The van der Waals surface area contributed by atoms with E-state index < -0.39 is 0 Å². The summed E-state index contributed by atoms with van der Waals surface area (Å²) in [4.78, 5) is 11.5. The van der Waals surface area contributed by atoms with Crippen LogP contribution in [0.5, 0.6) is 0 Å². The minimum atomic E-state index is -0.126. The van der Waals surface area contributed by atoms with Crippen LogP contribution in [0, 0.1) is 5.92 Å². The number of hydrogen-bond donors (Lipinski definition) is 1. The Balaban J connectivity index is 3.98. The van der Waals surface area contributed by atoms with Crippen LogP contribution in [0.4, 0.5) is 0 Å². The van der Waals surface area contributed by atoms with Crippen molar-refractivity contribution in [2.75, 3.05) is 6.54 Å².